The highest BCUT2D eigenvalue weighted by Crippen LogP contribution is 2.14. The van der Waals surface area contributed by atoms with Crippen molar-refractivity contribution in [1.82, 2.24) is 0 Å². The van der Waals surface area contributed by atoms with E-state index in [1.54, 1.807) is 0 Å². The summed E-state index contributed by atoms with van der Waals surface area (Å²) >= 11 is 0. The second kappa shape index (κ2) is 7.03. The van der Waals surface area contributed by atoms with Crippen molar-refractivity contribution in [2.75, 3.05) is 5.32 Å². The van der Waals surface area contributed by atoms with Crippen molar-refractivity contribution >= 4 is 5.69 Å². The first-order valence-electron chi connectivity index (χ1n) is 7.22. The lowest BCUT2D eigenvalue weighted by Gasteiger charge is -2.06. The maximum Gasteiger partial charge on any atom is 0.123 e. The Morgan fingerprint density at radius 1 is 0.947 bits per heavy atom. The van der Waals surface area contributed by atoms with Crippen molar-refractivity contribution in [3.63, 3.8) is 0 Å². The van der Waals surface area contributed by atoms with E-state index in [1.165, 1.54) is 24.8 Å². The van der Waals surface area contributed by atoms with Gasteiger partial charge in [0.15, 0.2) is 0 Å². The molecule has 0 saturated heterocycles. The Bertz CT molecular complexity index is 484. The predicted octanol–water partition coefficient (Wildman–Crippen LogP) is 4.80. The first kappa shape index (κ1) is 13.7. The number of rotatable bonds is 7. The zero-order valence-electron chi connectivity index (χ0n) is 11.9. The molecule has 0 spiro atoms. The summed E-state index contributed by atoms with van der Waals surface area (Å²) in [6.45, 7) is 5.07. The lowest BCUT2D eigenvalue weighted by Crippen LogP contribution is -1.98. The van der Waals surface area contributed by atoms with Crippen LogP contribution in [0.1, 0.15) is 43.8 Å². The Hall–Kier alpha value is -1.70. The van der Waals surface area contributed by atoms with E-state index in [9.17, 15) is 0 Å². The van der Waals surface area contributed by atoms with E-state index in [0.717, 1.165) is 30.2 Å². The normalized spacial score (nSPS) is 10.6. The summed E-state index contributed by atoms with van der Waals surface area (Å²) in [7, 11) is 0. The molecule has 1 heterocycles. The van der Waals surface area contributed by atoms with Crippen LogP contribution in [0.25, 0.3) is 0 Å². The number of benzene rings is 1. The first-order chi connectivity index (χ1) is 9.31. The third-order valence-corrected chi connectivity index (χ3v) is 3.31. The molecule has 2 nitrogen and oxygen atoms in total. The van der Waals surface area contributed by atoms with Crippen LogP contribution < -0.4 is 5.32 Å². The average molecular weight is 257 g/mol. The van der Waals surface area contributed by atoms with Gasteiger partial charge < -0.3 is 9.73 Å². The quantitative estimate of drug-likeness (QED) is 0.771. The summed E-state index contributed by atoms with van der Waals surface area (Å²) in [5.41, 5.74) is 2.56. The molecular weight excluding hydrogens is 234 g/mol. The molecule has 0 amide bonds. The Morgan fingerprint density at radius 3 is 2.32 bits per heavy atom. The lowest BCUT2D eigenvalue weighted by atomic mass is 10.1. The highest BCUT2D eigenvalue weighted by atomic mass is 16.3. The van der Waals surface area contributed by atoms with Crippen LogP contribution in [-0.4, -0.2) is 0 Å². The van der Waals surface area contributed by atoms with E-state index in [0.29, 0.717) is 0 Å². The molecule has 2 heteroatoms. The fourth-order valence-electron chi connectivity index (χ4n) is 2.07. The highest BCUT2D eigenvalue weighted by Gasteiger charge is 2.00. The summed E-state index contributed by atoms with van der Waals surface area (Å²) in [6.07, 6.45) is 4.64. The van der Waals surface area contributed by atoms with Gasteiger partial charge in [0.1, 0.15) is 11.5 Å². The molecule has 1 aromatic heterocycles. The fourth-order valence-corrected chi connectivity index (χ4v) is 2.07. The Balaban J connectivity index is 1.85. The smallest absolute Gasteiger partial charge is 0.123 e. The molecule has 19 heavy (non-hydrogen) atoms. The van der Waals surface area contributed by atoms with Gasteiger partial charge in [-0.2, -0.15) is 0 Å². The van der Waals surface area contributed by atoms with Crippen LogP contribution in [0.2, 0.25) is 0 Å². The van der Waals surface area contributed by atoms with E-state index in [4.69, 9.17) is 4.42 Å². The van der Waals surface area contributed by atoms with Gasteiger partial charge in [-0.15, -0.1) is 0 Å². The zero-order chi connectivity index (χ0) is 13.5. The molecule has 2 aromatic rings. The first-order valence-corrected chi connectivity index (χ1v) is 7.22. The van der Waals surface area contributed by atoms with Crippen molar-refractivity contribution in [3.05, 3.63) is 53.5 Å². The Kier molecular flexibility index (Phi) is 5.08. The minimum atomic E-state index is 0.744. The van der Waals surface area contributed by atoms with E-state index >= 15 is 0 Å². The molecule has 1 N–H and O–H groups in total. The zero-order valence-corrected chi connectivity index (χ0v) is 11.9. The van der Waals surface area contributed by atoms with Crippen LogP contribution in [0.5, 0.6) is 0 Å². The van der Waals surface area contributed by atoms with Gasteiger partial charge >= 0.3 is 0 Å². The largest absolute Gasteiger partial charge is 0.464 e. The van der Waals surface area contributed by atoms with E-state index < -0.39 is 0 Å². The van der Waals surface area contributed by atoms with Gasteiger partial charge in [0.25, 0.3) is 0 Å². The molecule has 0 unspecified atom stereocenters. The van der Waals surface area contributed by atoms with Crippen LogP contribution in [0.15, 0.2) is 40.8 Å². The Morgan fingerprint density at radius 2 is 1.68 bits per heavy atom. The molecule has 0 fully saturated rings. The van der Waals surface area contributed by atoms with Crippen LogP contribution in [0.3, 0.4) is 0 Å². The monoisotopic (exact) mass is 257 g/mol. The summed E-state index contributed by atoms with van der Waals surface area (Å²) in [5.74, 6) is 2.04. The molecule has 1 aromatic carbocycles. The highest BCUT2D eigenvalue weighted by molar-refractivity contribution is 5.44. The van der Waals surface area contributed by atoms with Crippen molar-refractivity contribution in [2.45, 2.75) is 46.1 Å². The summed E-state index contributed by atoms with van der Waals surface area (Å²) in [6, 6.07) is 12.8. The molecule has 0 radical (unpaired) electrons. The molecule has 0 saturated carbocycles. The van der Waals surface area contributed by atoms with E-state index in [-0.39, 0.29) is 0 Å². The molecule has 0 aliphatic rings. The summed E-state index contributed by atoms with van der Waals surface area (Å²) in [4.78, 5) is 0. The number of anilines is 1. The topological polar surface area (TPSA) is 25.2 Å². The molecule has 102 valence electrons. The van der Waals surface area contributed by atoms with Gasteiger partial charge in [-0.25, -0.2) is 0 Å². The van der Waals surface area contributed by atoms with Gasteiger partial charge in [0, 0.05) is 12.1 Å². The van der Waals surface area contributed by atoms with Crippen LogP contribution >= 0.6 is 0 Å². The van der Waals surface area contributed by atoms with Crippen molar-refractivity contribution in [2.24, 2.45) is 0 Å². The van der Waals surface area contributed by atoms with Crippen LogP contribution in [0.4, 0.5) is 5.69 Å². The van der Waals surface area contributed by atoms with Gasteiger partial charge in [-0.3, -0.25) is 0 Å². The average Bonchev–Trinajstić information content (AvgIpc) is 2.92. The van der Waals surface area contributed by atoms with Gasteiger partial charge in [0.05, 0.1) is 6.54 Å². The van der Waals surface area contributed by atoms with Gasteiger partial charge in [-0.1, -0.05) is 32.4 Å². The fraction of sp³-hybridized carbons (Fsp3) is 0.412. The van der Waals surface area contributed by atoms with Crippen molar-refractivity contribution in [3.8, 4) is 0 Å². The van der Waals surface area contributed by atoms with Gasteiger partial charge in [-0.05, 0) is 42.7 Å². The maximum absolute atomic E-state index is 5.67. The SMILES string of the molecule is CCCCc1ccc(NCc2ccc(CC)o2)cc1. The molecule has 0 aliphatic heterocycles. The Labute approximate surface area is 115 Å². The minimum absolute atomic E-state index is 0.744. The molecule has 0 bridgehead atoms. The third kappa shape index (κ3) is 4.16. The summed E-state index contributed by atoms with van der Waals surface area (Å²) < 4.78 is 5.67. The number of furan rings is 1. The third-order valence-electron chi connectivity index (χ3n) is 3.31. The second-order valence-electron chi connectivity index (χ2n) is 4.88. The number of hydrogen-bond donors (Lipinski definition) is 1. The van der Waals surface area contributed by atoms with Crippen molar-refractivity contribution in [1.29, 1.82) is 0 Å². The van der Waals surface area contributed by atoms with Crippen molar-refractivity contribution < 1.29 is 4.42 Å². The van der Waals surface area contributed by atoms with Gasteiger partial charge in [0.2, 0.25) is 0 Å². The number of hydrogen-bond acceptors (Lipinski definition) is 2. The lowest BCUT2D eigenvalue weighted by molar-refractivity contribution is 0.476. The van der Waals surface area contributed by atoms with E-state index in [2.05, 4.69) is 43.4 Å². The number of unbranched alkanes of at least 4 members (excludes halogenated alkanes) is 1. The summed E-state index contributed by atoms with van der Waals surface area (Å²) in [5, 5.41) is 3.39. The van der Waals surface area contributed by atoms with Crippen LogP contribution in [0, 0.1) is 0 Å². The predicted molar refractivity (Wildman–Crippen MR) is 80.5 cm³/mol. The molecular formula is C17H23NO. The molecule has 0 aliphatic carbocycles. The van der Waals surface area contributed by atoms with Crippen LogP contribution in [-0.2, 0) is 19.4 Å². The minimum Gasteiger partial charge on any atom is -0.464 e. The van der Waals surface area contributed by atoms with E-state index in [1.807, 2.05) is 12.1 Å². The molecule has 2 rings (SSSR count). The number of aryl methyl sites for hydroxylation is 2. The second-order valence-corrected chi connectivity index (χ2v) is 4.88. The standard InChI is InChI=1S/C17H23NO/c1-3-5-6-14-7-9-15(10-8-14)18-13-17-12-11-16(4-2)19-17/h7-12,18H,3-6,13H2,1-2H3. The maximum atomic E-state index is 5.67. The molecule has 0 atom stereocenters. The number of nitrogens with one attached hydrogen (secondary N) is 1.